The van der Waals surface area contributed by atoms with Gasteiger partial charge in [0.2, 0.25) is 12.7 Å². The second-order valence-corrected chi connectivity index (χ2v) is 11.9. The molecule has 0 radical (unpaired) electrons. The molecular weight excluding hydrogens is 560 g/mol. The molecule has 0 spiro atoms. The summed E-state index contributed by atoms with van der Waals surface area (Å²) in [6.45, 7) is 10.5. The van der Waals surface area contributed by atoms with Gasteiger partial charge >= 0.3 is 0 Å². The molecule has 0 saturated heterocycles. The van der Waals surface area contributed by atoms with Crippen LogP contribution in [0.25, 0.3) is 0 Å². The van der Waals surface area contributed by atoms with Crippen LogP contribution in [0.4, 0.5) is 5.69 Å². The highest BCUT2D eigenvalue weighted by Gasteiger charge is 2.32. The molecule has 0 aliphatic carbocycles. The molecule has 8 nitrogen and oxygen atoms in total. The first kappa shape index (κ1) is 30.1. The number of nitrogens with one attached hydrogen (secondary N) is 1. The summed E-state index contributed by atoms with van der Waals surface area (Å²) in [7, 11) is 0. The molecule has 0 fully saturated rings. The zero-order valence-electron chi connectivity index (χ0n) is 25.1. The summed E-state index contributed by atoms with van der Waals surface area (Å²) >= 11 is 1.27. The Morgan fingerprint density at radius 2 is 1.56 bits per heavy atom. The zero-order chi connectivity index (χ0) is 30.5. The molecule has 1 aliphatic rings. The molecule has 222 valence electrons. The van der Waals surface area contributed by atoms with Gasteiger partial charge in [0.15, 0.2) is 16.7 Å². The largest absolute Gasteiger partial charge is 0.454 e. The number of benzene rings is 3. The van der Waals surface area contributed by atoms with Crippen LogP contribution < -0.4 is 14.8 Å². The van der Waals surface area contributed by atoms with Crippen molar-refractivity contribution in [3.8, 4) is 11.5 Å². The molecule has 0 saturated carbocycles. The summed E-state index contributed by atoms with van der Waals surface area (Å²) in [6.07, 6.45) is 0. The van der Waals surface area contributed by atoms with Gasteiger partial charge < -0.3 is 19.7 Å². The van der Waals surface area contributed by atoms with Crippen LogP contribution in [-0.2, 0) is 16.1 Å². The van der Waals surface area contributed by atoms with Crippen LogP contribution in [0.1, 0.15) is 59.4 Å². The summed E-state index contributed by atoms with van der Waals surface area (Å²) in [6, 6.07) is 22.1. The Labute approximate surface area is 256 Å². The number of carbonyl (C=O) groups is 2. The number of nitrogens with zero attached hydrogens (tertiary/aromatic N) is 3. The van der Waals surface area contributed by atoms with Gasteiger partial charge in [0.05, 0.1) is 5.75 Å². The van der Waals surface area contributed by atoms with E-state index in [9.17, 15) is 9.59 Å². The van der Waals surface area contributed by atoms with Crippen LogP contribution in [-0.4, -0.2) is 39.2 Å². The predicted octanol–water partition coefficient (Wildman–Crippen LogP) is 6.75. The molecule has 1 aromatic heterocycles. The van der Waals surface area contributed by atoms with E-state index in [0.717, 1.165) is 33.6 Å². The summed E-state index contributed by atoms with van der Waals surface area (Å²) in [5.41, 5.74) is 6.10. The molecule has 0 unspecified atom stereocenters. The highest BCUT2D eigenvalue weighted by atomic mass is 32.2. The summed E-state index contributed by atoms with van der Waals surface area (Å²) in [5, 5.41) is 3.56. The molecule has 2 heterocycles. The van der Waals surface area contributed by atoms with Crippen molar-refractivity contribution in [3.05, 3.63) is 106 Å². The normalized spacial score (nSPS) is 12.7. The lowest BCUT2D eigenvalue weighted by atomic mass is 9.97. The summed E-state index contributed by atoms with van der Waals surface area (Å²) in [4.78, 5) is 39.0. The van der Waals surface area contributed by atoms with E-state index < -0.39 is 6.04 Å². The Morgan fingerprint density at radius 1 is 0.884 bits per heavy atom. The quantitative estimate of drug-likeness (QED) is 0.160. The molecule has 0 bridgehead atoms. The first-order valence-corrected chi connectivity index (χ1v) is 15.3. The predicted molar refractivity (Wildman–Crippen MR) is 168 cm³/mol. The van der Waals surface area contributed by atoms with Crippen molar-refractivity contribution < 1.29 is 19.1 Å². The minimum atomic E-state index is -0.903. The highest BCUT2D eigenvalue weighted by molar-refractivity contribution is 7.99. The summed E-state index contributed by atoms with van der Waals surface area (Å²) < 4.78 is 10.9. The van der Waals surface area contributed by atoms with Crippen LogP contribution in [0.5, 0.6) is 11.5 Å². The van der Waals surface area contributed by atoms with Crippen LogP contribution >= 0.6 is 11.8 Å². The van der Waals surface area contributed by atoms with E-state index in [0.29, 0.717) is 28.3 Å². The number of hydrogen-bond acceptors (Lipinski definition) is 7. The lowest BCUT2D eigenvalue weighted by molar-refractivity contribution is -0.137. The van der Waals surface area contributed by atoms with Crippen molar-refractivity contribution in [1.29, 1.82) is 0 Å². The van der Waals surface area contributed by atoms with Gasteiger partial charge in [-0.1, -0.05) is 74.1 Å². The Balaban J connectivity index is 1.51. The Morgan fingerprint density at radius 3 is 2.26 bits per heavy atom. The van der Waals surface area contributed by atoms with Gasteiger partial charge in [-0.05, 0) is 67.1 Å². The SMILES string of the molecule is Cc1cc(C)nc(SCC(=O)N(Cc2ccccc2C)[C@@H](C(=O)Nc2ccc3c(c2)OCO3)c2ccc(C(C)C)cc2)n1. The van der Waals surface area contributed by atoms with Gasteiger partial charge in [-0.3, -0.25) is 9.59 Å². The second-order valence-electron chi connectivity index (χ2n) is 11.0. The van der Waals surface area contributed by atoms with Crippen molar-refractivity contribution in [3.63, 3.8) is 0 Å². The minimum Gasteiger partial charge on any atom is -0.454 e. The zero-order valence-corrected chi connectivity index (χ0v) is 25.9. The average molecular weight is 597 g/mol. The number of aryl methyl sites for hydroxylation is 3. The molecule has 4 aromatic rings. The maximum atomic E-state index is 14.2. The van der Waals surface area contributed by atoms with Gasteiger partial charge in [0.25, 0.3) is 5.91 Å². The van der Waals surface area contributed by atoms with Crippen molar-refractivity contribution in [2.24, 2.45) is 0 Å². The maximum absolute atomic E-state index is 14.2. The van der Waals surface area contributed by atoms with E-state index in [1.807, 2.05) is 75.4 Å². The van der Waals surface area contributed by atoms with Crippen molar-refractivity contribution >= 4 is 29.3 Å². The van der Waals surface area contributed by atoms with Crippen LogP contribution in [0.2, 0.25) is 0 Å². The first-order valence-electron chi connectivity index (χ1n) is 14.3. The topological polar surface area (TPSA) is 93.7 Å². The third-order valence-electron chi connectivity index (χ3n) is 7.33. The van der Waals surface area contributed by atoms with Crippen LogP contribution in [0, 0.1) is 20.8 Å². The second kappa shape index (κ2) is 13.3. The smallest absolute Gasteiger partial charge is 0.251 e. The number of rotatable bonds is 10. The van der Waals surface area contributed by atoms with Crippen LogP contribution in [0.3, 0.4) is 0 Å². The lowest BCUT2D eigenvalue weighted by Crippen LogP contribution is -2.42. The molecule has 43 heavy (non-hydrogen) atoms. The van der Waals surface area contributed by atoms with E-state index >= 15 is 0 Å². The van der Waals surface area contributed by atoms with E-state index in [-0.39, 0.29) is 30.9 Å². The number of ether oxygens (including phenoxy) is 2. The van der Waals surface area contributed by atoms with Gasteiger partial charge in [-0.25, -0.2) is 9.97 Å². The van der Waals surface area contributed by atoms with Crippen molar-refractivity contribution in [2.45, 2.75) is 58.3 Å². The van der Waals surface area contributed by atoms with E-state index in [4.69, 9.17) is 9.47 Å². The molecule has 3 aromatic carbocycles. The van der Waals surface area contributed by atoms with Gasteiger partial charge in [-0.2, -0.15) is 0 Å². The van der Waals surface area contributed by atoms with E-state index in [1.54, 1.807) is 23.1 Å². The number of hydrogen-bond donors (Lipinski definition) is 1. The maximum Gasteiger partial charge on any atom is 0.251 e. The van der Waals surface area contributed by atoms with Crippen molar-refractivity contribution in [2.75, 3.05) is 17.9 Å². The molecule has 9 heteroatoms. The molecule has 2 amide bonds. The number of aromatic nitrogens is 2. The van der Waals surface area contributed by atoms with Gasteiger partial charge in [0.1, 0.15) is 6.04 Å². The molecule has 1 aliphatic heterocycles. The molecule has 5 rings (SSSR count). The fourth-order valence-corrected chi connectivity index (χ4v) is 5.82. The van der Waals surface area contributed by atoms with Crippen molar-refractivity contribution in [1.82, 2.24) is 14.9 Å². The van der Waals surface area contributed by atoms with E-state index in [1.165, 1.54) is 11.8 Å². The van der Waals surface area contributed by atoms with Crippen LogP contribution in [0.15, 0.2) is 78.0 Å². The Kier molecular flexibility index (Phi) is 9.31. The van der Waals surface area contributed by atoms with Gasteiger partial charge in [-0.15, -0.1) is 0 Å². The van der Waals surface area contributed by atoms with Gasteiger partial charge in [0, 0.05) is 29.7 Å². The fraction of sp³-hybridized carbons (Fsp3) is 0.294. The molecule has 1 atom stereocenters. The monoisotopic (exact) mass is 596 g/mol. The molecule has 1 N–H and O–H groups in total. The summed E-state index contributed by atoms with van der Waals surface area (Å²) in [5.74, 6) is 1.07. The lowest BCUT2D eigenvalue weighted by Gasteiger charge is -2.32. The molecular formula is C34H36N4O4S. The third-order valence-corrected chi connectivity index (χ3v) is 8.16. The number of amides is 2. The number of fused-ring (bicyclic) bond motifs is 1. The first-order chi connectivity index (χ1) is 20.7. The Bertz CT molecular complexity index is 1600. The number of anilines is 1. The third kappa shape index (κ3) is 7.35. The van der Waals surface area contributed by atoms with E-state index in [2.05, 4.69) is 29.1 Å². The minimum absolute atomic E-state index is 0.0760. The fourth-order valence-electron chi connectivity index (χ4n) is 4.98. The average Bonchev–Trinajstić information content (AvgIpc) is 3.44. The number of thioether (sulfide) groups is 1. The highest BCUT2D eigenvalue weighted by Crippen LogP contribution is 2.35. The number of carbonyl (C=O) groups excluding carboxylic acids is 2. The Hall–Kier alpha value is -4.37. The standard InChI is InChI=1S/C34H36N4O4S/c1-21(2)25-10-12-26(13-11-25)32(33(40)37-28-14-15-29-30(17-28)42-20-41-29)38(18-27-9-7-6-8-22(27)3)31(39)19-43-34-35-23(4)16-24(5)36-34/h6-17,21,32H,18-20H2,1-5H3,(H,37,40)/t32-/m1/s1.